The molecule has 0 spiro atoms. The summed E-state index contributed by atoms with van der Waals surface area (Å²) in [5.74, 6) is 0.184. The molecule has 0 saturated heterocycles. The van der Waals surface area contributed by atoms with Gasteiger partial charge in [0.2, 0.25) is 5.91 Å². The summed E-state index contributed by atoms with van der Waals surface area (Å²) in [4.78, 5) is 33.4. The van der Waals surface area contributed by atoms with Gasteiger partial charge < -0.3 is 5.32 Å². The van der Waals surface area contributed by atoms with Gasteiger partial charge in [0.05, 0.1) is 16.1 Å². The Morgan fingerprint density at radius 2 is 1.81 bits per heavy atom. The Labute approximate surface area is 188 Å². The number of aryl methyl sites for hydroxylation is 2. The molecule has 31 heavy (non-hydrogen) atoms. The Kier molecular flexibility index (Phi) is 5.34. The molecule has 1 amide bonds. The van der Waals surface area contributed by atoms with Gasteiger partial charge in [-0.2, -0.15) is 0 Å². The predicted molar refractivity (Wildman–Crippen MR) is 126 cm³/mol. The highest BCUT2D eigenvalue weighted by atomic mass is 35.5. The van der Waals surface area contributed by atoms with E-state index < -0.39 is 0 Å². The van der Waals surface area contributed by atoms with Gasteiger partial charge in [0, 0.05) is 10.4 Å². The van der Waals surface area contributed by atoms with E-state index in [1.54, 1.807) is 35.6 Å². The number of thiophene rings is 1. The number of hydrogen-bond donors (Lipinski definition) is 1. The predicted octanol–water partition coefficient (Wildman–Crippen LogP) is 5.30. The van der Waals surface area contributed by atoms with Crippen molar-refractivity contribution in [1.82, 2.24) is 9.55 Å². The summed E-state index contributed by atoms with van der Waals surface area (Å²) >= 11 is 7.79. The number of benzene rings is 2. The zero-order chi connectivity index (χ0) is 21.4. The lowest BCUT2D eigenvalue weighted by molar-refractivity contribution is -0.116. The fourth-order valence-electron chi connectivity index (χ4n) is 4.09. The molecular weight excluding hydrogens is 430 g/mol. The number of aromatic nitrogens is 2. The highest BCUT2D eigenvalue weighted by Crippen LogP contribution is 2.34. The first-order valence-electron chi connectivity index (χ1n) is 10.3. The van der Waals surface area contributed by atoms with Crippen molar-refractivity contribution >= 4 is 44.7 Å². The second-order valence-corrected chi connectivity index (χ2v) is 9.10. The van der Waals surface area contributed by atoms with Crippen molar-refractivity contribution in [3.63, 3.8) is 0 Å². The number of nitrogens with one attached hydrogen (secondary N) is 1. The third-order valence-electron chi connectivity index (χ3n) is 5.56. The van der Waals surface area contributed by atoms with Gasteiger partial charge in [0.15, 0.2) is 0 Å². The van der Waals surface area contributed by atoms with Crippen molar-refractivity contribution in [2.45, 2.75) is 32.2 Å². The van der Waals surface area contributed by atoms with Crippen LogP contribution in [0.5, 0.6) is 0 Å². The lowest BCUT2D eigenvalue weighted by atomic mass is 9.97. The average Bonchev–Trinajstić information content (AvgIpc) is 3.16. The van der Waals surface area contributed by atoms with Gasteiger partial charge in [-0.05, 0) is 43.4 Å². The average molecular weight is 450 g/mol. The number of rotatable bonds is 4. The Balaban J connectivity index is 1.62. The SMILES string of the molecule is O=C(Cn1c(-c2ccccc2)nc2sc3c(c2c1=O)CCCC3)Nc1ccccc1Cl. The number of hydrogen-bond acceptors (Lipinski definition) is 4. The first-order chi connectivity index (χ1) is 15.1. The molecule has 5 nitrogen and oxygen atoms in total. The van der Waals surface area contributed by atoms with Gasteiger partial charge in [-0.1, -0.05) is 54.1 Å². The number of carbonyl (C=O) groups excluding carboxylic acids is 1. The van der Waals surface area contributed by atoms with Crippen LogP contribution in [0.15, 0.2) is 59.4 Å². The highest BCUT2D eigenvalue weighted by molar-refractivity contribution is 7.18. The maximum Gasteiger partial charge on any atom is 0.263 e. The summed E-state index contributed by atoms with van der Waals surface area (Å²) in [5, 5.41) is 3.94. The zero-order valence-corrected chi connectivity index (χ0v) is 18.3. The van der Waals surface area contributed by atoms with Crippen LogP contribution in [0.3, 0.4) is 0 Å². The van der Waals surface area contributed by atoms with Crippen molar-refractivity contribution in [2.75, 3.05) is 5.32 Å². The molecule has 0 saturated carbocycles. The number of nitrogens with zero attached hydrogens (tertiary/aromatic N) is 2. The molecular formula is C24H20ClN3O2S. The van der Waals surface area contributed by atoms with E-state index in [2.05, 4.69) is 5.32 Å². The lowest BCUT2D eigenvalue weighted by Gasteiger charge is -2.14. The van der Waals surface area contributed by atoms with E-state index in [1.807, 2.05) is 30.3 Å². The molecule has 2 heterocycles. The van der Waals surface area contributed by atoms with Crippen molar-refractivity contribution in [3.05, 3.63) is 80.4 Å². The lowest BCUT2D eigenvalue weighted by Crippen LogP contribution is -2.30. The van der Waals surface area contributed by atoms with E-state index in [4.69, 9.17) is 16.6 Å². The molecule has 1 aliphatic carbocycles. The molecule has 0 fully saturated rings. The van der Waals surface area contributed by atoms with Gasteiger partial charge in [-0.3, -0.25) is 14.2 Å². The molecule has 0 bridgehead atoms. The second kappa shape index (κ2) is 8.29. The van der Waals surface area contributed by atoms with E-state index in [-0.39, 0.29) is 18.0 Å². The minimum absolute atomic E-state index is 0.137. The summed E-state index contributed by atoms with van der Waals surface area (Å²) in [7, 11) is 0. The standard InChI is InChI=1S/C24H20ClN3O2S/c25-17-11-5-6-12-18(17)26-20(29)14-28-22(15-8-2-1-3-9-15)27-23-21(24(28)30)16-10-4-7-13-19(16)31-23/h1-3,5-6,8-9,11-12H,4,7,10,13-14H2,(H,26,29). The molecule has 156 valence electrons. The van der Waals surface area contributed by atoms with E-state index in [0.717, 1.165) is 41.6 Å². The van der Waals surface area contributed by atoms with Crippen LogP contribution in [0, 0.1) is 0 Å². The molecule has 0 unspecified atom stereocenters. The minimum Gasteiger partial charge on any atom is -0.323 e. The summed E-state index contributed by atoms with van der Waals surface area (Å²) in [6, 6.07) is 16.6. The Morgan fingerprint density at radius 1 is 1.06 bits per heavy atom. The van der Waals surface area contributed by atoms with Crippen LogP contribution in [-0.2, 0) is 24.2 Å². The van der Waals surface area contributed by atoms with Gasteiger partial charge in [-0.15, -0.1) is 11.3 Å². The largest absolute Gasteiger partial charge is 0.323 e. The van der Waals surface area contributed by atoms with Crippen LogP contribution in [0.4, 0.5) is 5.69 Å². The van der Waals surface area contributed by atoms with Crippen LogP contribution in [0.25, 0.3) is 21.6 Å². The van der Waals surface area contributed by atoms with E-state index >= 15 is 0 Å². The fraction of sp³-hybridized carbons (Fsp3) is 0.208. The number of fused-ring (bicyclic) bond motifs is 3. The van der Waals surface area contributed by atoms with Crippen molar-refractivity contribution in [3.8, 4) is 11.4 Å². The van der Waals surface area contributed by atoms with Gasteiger partial charge in [-0.25, -0.2) is 4.98 Å². The van der Waals surface area contributed by atoms with Crippen molar-refractivity contribution in [1.29, 1.82) is 0 Å². The molecule has 2 aromatic heterocycles. The number of anilines is 1. The van der Waals surface area contributed by atoms with Gasteiger partial charge in [0.25, 0.3) is 5.56 Å². The number of amides is 1. The second-order valence-electron chi connectivity index (χ2n) is 7.61. The first-order valence-corrected chi connectivity index (χ1v) is 11.5. The van der Waals surface area contributed by atoms with E-state index in [9.17, 15) is 9.59 Å². The highest BCUT2D eigenvalue weighted by Gasteiger charge is 2.23. The Morgan fingerprint density at radius 3 is 2.61 bits per heavy atom. The summed E-state index contributed by atoms with van der Waals surface area (Å²) in [6.45, 7) is -0.137. The van der Waals surface area contributed by atoms with Crippen molar-refractivity contribution < 1.29 is 4.79 Å². The first kappa shape index (κ1) is 20.0. The minimum atomic E-state index is -0.322. The van der Waals surface area contributed by atoms with Crippen LogP contribution in [0.1, 0.15) is 23.3 Å². The maximum atomic E-state index is 13.6. The van der Waals surface area contributed by atoms with E-state index in [0.29, 0.717) is 21.9 Å². The topological polar surface area (TPSA) is 64.0 Å². The number of carbonyl (C=O) groups is 1. The van der Waals surface area contributed by atoms with E-state index in [1.165, 1.54) is 9.44 Å². The molecule has 0 radical (unpaired) electrons. The zero-order valence-electron chi connectivity index (χ0n) is 16.7. The quantitative estimate of drug-likeness (QED) is 0.460. The van der Waals surface area contributed by atoms with Crippen LogP contribution in [0.2, 0.25) is 5.02 Å². The molecule has 1 aliphatic rings. The number of para-hydroxylation sites is 1. The van der Waals surface area contributed by atoms with Crippen molar-refractivity contribution in [2.24, 2.45) is 0 Å². The normalized spacial score (nSPS) is 13.2. The summed E-state index contributed by atoms with van der Waals surface area (Å²) < 4.78 is 1.49. The fourth-order valence-corrected chi connectivity index (χ4v) is 5.52. The number of halogens is 1. The van der Waals surface area contributed by atoms with Gasteiger partial charge in [0.1, 0.15) is 17.2 Å². The smallest absolute Gasteiger partial charge is 0.263 e. The third-order valence-corrected chi connectivity index (χ3v) is 7.07. The van der Waals surface area contributed by atoms with Crippen LogP contribution < -0.4 is 10.9 Å². The Bertz CT molecular complexity index is 1340. The molecule has 0 atom stereocenters. The summed E-state index contributed by atoms with van der Waals surface area (Å²) in [6.07, 6.45) is 4.09. The third kappa shape index (κ3) is 3.77. The van der Waals surface area contributed by atoms with Crippen LogP contribution >= 0.6 is 22.9 Å². The molecule has 2 aromatic carbocycles. The molecule has 5 rings (SSSR count). The maximum absolute atomic E-state index is 13.6. The molecule has 0 aliphatic heterocycles. The molecule has 4 aromatic rings. The Hall–Kier alpha value is -2.96. The van der Waals surface area contributed by atoms with Crippen LogP contribution in [-0.4, -0.2) is 15.5 Å². The van der Waals surface area contributed by atoms with Gasteiger partial charge >= 0.3 is 0 Å². The monoisotopic (exact) mass is 449 g/mol. The molecule has 7 heteroatoms. The summed E-state index contributed by atoms with van der Waals surface area (Å²) in [5.41, 5.74) is 2.28. The molecule has 1 N–H and O–H groups in total.